The van der Waals surface area contributed by atoms with E-state index < -0.39 is 9.28 Å². The monoisotopic (exact) mass is 269 g/mol. The van der Waals surface area contributed by atoms with Crippen LogP contribution in [-0.2, 0) is 8.85 Å². The van der Waals surface area contributed by atoms with Gasteiger partial charge in [-0.25, -0.2) is 0 Å². The van der Waals surface area contributed by atoms with Crippen LogP contribution < -0.4 is 12.4 Å². The Balaban J connectivity index is 0. The normalized spacial score (nSPS) is 11.6. The van der Waals surface area contributed by atoms with Gasteiger partial charge in [0.25, 0.3) is 0 Å². The van der Waals surface area contributed by atoms with Crippen molar-refractivity contribution in [3.05, 3.63) is 0 Å². The summed E-state index contributed by atoms with van der Waals surface area (Å²) in [5.41, 5.74) is 0. The molecule has 0 aliphatic carbocycles. The molecule has 0 N–H and O–H groups in total. The molecule has 0 rings (SSSR count). The molecule has 0 aromatic carbocycles. The molecular weight excluding hydrogens is 242 g/mol. The Kier molecular flexibility index (Phi) is 12.3. The van der Waals surface area contributed by atoms with Crippen LogP contribution in [0.2, 0.25) is 6.04 Å². The van der Waals surface area contributed by atoms with Crippen LogP contribution in [-0.4, -0.2) is 54.7 Å². The third kappa shape index (κ3) is 12.5. The van der Waals surface area contributed by atoms with Gasteiger partial charge in [-0.3, -0.25) is 0 Å². The summed E-state index contributed by atoms with van der Waals surface area (Å²) in [4.78, 5) is 0. The molecule has 16 heavy (non-hydrogen) atoms. The highest BCUT2D eigenvalue weighted by atomic mass is 35.5. The van der Waals surface area contributed by atoms with E-state index in [4.69, 9.17) is 8.85 Å². The van der Waals surface area contributed by atoms with Gasteiger partial charge in [-0.15, -0.1) is 0 Å². The summed E-state index contributed by atoms with van der Waals surface area (Å²) in [6.07, 6.45) is 2.51. The highest BCUT2D eigenvalue weighted by Crippen LogP contribution is 2.06. The fraction of sp³-hybridized carbons (Fsp3) is 1.00. The maximum Gasteiger partial charge on any atom is 0.321 e. The molecule has 0 atom stereocenters. The van der Waals surface area contributed by atoms with Crippen molar-refractivity contribution in [2.75, 3.05) is 40.9 Å². The second kappa shape index (κ2) is 10.5. The molecule has 0 bridgehead atoms. The minimum Gasteiger partial charge on any atom is -1.00 e. The minimum absolute atomic E-state index is 0. The summed E-state index contributed by atoms with van der Waals surface area (Å²) >= 11 is 0. The Hall–Kier alpha value is 0.387. The maximum absolute atomic E-state index is 5.63. The SMILES string of the molecule is CCO[SiH](CCCC[N+](C)(C)C)OCC.[Cl-]. The Morgan fingerprint density at radius 3 is 1.81 bits per heavy atom. The molecule has 0 aliphatic rings. The lowest BCUT2D eigenvalue weighted by Gasteiger charge is -2.24. The lowest BCUT2D eigenvalue weighted by Crippen LogP contribution is -3.00. The van der Waals surface area contributed by atoms with Gasteiger partial charge in [-0.2, -0.15) is 0 Å². The predicted octanol–water partition coefficient (Wildman–Crippen LogP) is -1.23. The quantitative estimate of drug-likeness (QED) is 0.297. The van der Waals surface area contributed by atoms with Gasteiger partial charge < -0.3 is 25.7 Å². The number of hydrogen-bond donors (Lipinski definition) is 0. The van der Waals surface area contributed by atoms with Crippen molar-refractivity contribution in [1.29, 1.82) is 0 Å². The maximum atomic E-state index is 5.63. The van der Waals surface area contributed by atoms with E-state index in [2.05, 4.69) is 21.1 Å². The standard InChI is InChI=1S/C11H28NO2Si.ClH/c1-6-13-15(14-7-2)11-9-8-10-12(3,4)5;/h15H,6-11H2,1-5H3;1H/q+1;/p-1. The fourth-order valence-corrected chi connectivity index (χ4v) is 3.28. The van der Waals surface area contributed by atoms with Gasteiger partial charge in [-0.05, 0) is 32.7 Å². The van der Waals surface area contributed by atoms with Crippen LogP contribution in [0, 0.1) is 0 Å². The molecule has 0 saturated carbocycles. The number of rotatable bonds is 9. The van der Waals surface area contributed by atoms with Crippen molar-refractivity contribution in [2.24, 2.45) is 0 Å². The van der Waals surface area contributed by atoms with Gasteiger partial charge >= 0.3 is 9.28 Å². The van der Waals surface area contributed by atoms with Crippen molar-refractivity contribution >= 4 is 9.28 Å². The molecule has 0 aromatic rings. The summed E-state index contributed by atoms with van der Waals surface area (Å²) in [6.45, 7) is 6.92. The zero-order valence-corrected chi connectivity index (χ0v) is 13.4. The molecule has 3 nitrogen and oxygen atoms in total. The third-order valence-electron chi connectivity index (χ3n) is 2.22. The fourth-order valence-electron chi connectivity index (χ4n) is 1.48. The Morgan fingerprint density at radius 2 is 1.44 bits per heavy atom. The van der Waals surface area contributed by atoms with Gasteiger partial charge in [0.15, 0.2) is 0 Å². The van der Waals surface area contributed by atoms with E-state index >= 15 is 0 Å². The summed E-state index contributed by atoms with van der Waals surface area (Å²) < 4.78 is 12.3. The molecule has 0 radical (unpaired) electrons. The van der Waals surface area contributed by atoms with Crippen LogP contribution in [0.15, 0.2) is 0 Å². The van der Waals surface area contributed by atoms with Gasteiger partial charge in [0.2, 0.25) is 0 Å². The van der Waals surface area contributed by atoms with E-state index in [1.54, 1.807) is 0 Å². The average molecular weight is 270 g/mol. The summed E-state index contributed by atoms with van der Waals surface area (Å²) in [5, 5.41) is 0. The van der Waals surface area contributed by atoms with Crippen molar-refractivity contribution in [3.8, 4) is 0 Å². The predicted molar refractivity (Wildman–Crippen MR) is 67.3 cm³/mol. The van der Waals surface area contributed by atoms with Crippen molar-refractivity contribution < 1.29 is 25.7 Å². The number of unbranched alkanes of at least 4 members (excludes halogenated alkanes) is 1. The Morgan fingerprint density at radius 1 is 0.938 bits per heavy atom. The first-order chi connectivity index (χ1) is 6.99. The number of nitrogens with zero attached hydrogens (tertiary/aromatic N) is 1. The van der Waals surface area contributed by atoms with Gasteiger partial charge in [0.1, 0.15) is 0 Å². The molecule has 100 valence electrons. The van der Waals surface area contributed by atoms with Crippen molar-refractivity contribution in [1.82, 2.24) is 0 Å². The molecule has 0 aromatic heterocycles. The van der Waals surface area contributed by atoms with Gasteiger partial charge in [0.05, 0.1) is 27.7 Å². The van der Waals surface area contributed by atoms with Crippen LogP contribution in [0.25, 0.3) is 0 Å². The highest BCUT2D eigenvalue weighted by molar-refractivity contribution is 6.44. The van der Waals surface area contributed by atoms with Crippen molar-refractivity contribution in [3.63, 3.8) is 0 Å². The number of quaternary nitrogens is 1. The molecule has 0 fully saturated rings. The molecule has 0 spiro atoms. The van der Waals surface area contributed by atoms with Gasteiger partial charge in [-0.1, -0.05) is 0 Å². The van der Waals surface area contributed by atoms with Crippen LogP contribution >= 0.6 is 0 Å². The molecule has 0 heterocycles. The van der Waals surface area contributed by atoms with E-state index in [1.165, 1.54) is 19.4 Å². The minimum atomic E-state index is -1.33. The summed E-state index contributed by atoms with van der Waals surface area (Å²) in [5.74, 6) is 0. The zero-order valence-electron chi connectivity index (χ0n) is 11.5. The molecule has 0 unspecified atom stereocenters. The second-order valence-electron chi connectivity index (χ2n) is 4.85. The van der Waals surface area contributed by atoms with E-state index in [-0.39, 0.29) is 12.4 Å². The molecule has 5 heteroatoms. The van der Waals surface area contributed by atoms with Crippen LogP contribution in [0.4, 0.5) is 0 Å². The molecule has 0 saturated heterocycles. The van der Waals surface area contributed by atoms with Crippen molar-refractivity contribution in [2.45, 2.75) is 32.7 Å². The Bertz CT molecular complexity index is 147. The lowest BCUT2D eigenvalue weighted by molar-refractivity contribution is -0.870. The second-order valence-corrected chi connectivity index (χ2v) is 6.95. The highest BCUT2D eigenvalue weighted by Gasteiger charge is 2.13. The largest absolute Gasteiger partial charge is 1.00 e. The average Bonchev–Trinajstić information content (AvgIpc) is 2.11. The summed E-state index contributed by atoms with van der Waals surface area (Å²) in [7, 11) is 5.38. The smallest absolute Gasteiger partial charge is 0.321 e. The third-order valence-corrected chi connectivity index (χ3v) is 4.51. The van der Waals surface area contributed by atoms with Gasteiger partial charge in [0, 0.05) is 13.2 Å². The molecule has 0 aliphatic heterocycles. The van der Waals surface area contributed by atoms with E-state index in [9.17, 15) is 0 Å². The van der Waals surface area contributed by atoms with Crippen LogP contribution in [0.3, 0.4) is 0 Å². The van der Waals surface area contributed by atoms with E-state index in [0.29, 0.717) is 0 Å². The first-order valence-electron chi connectivity index (χ1n) is 6.03. The zero-order chi connectivity index (χ0) is 11.7. The summed E-state index contributed by atoms with van der Waals surface area (Å²) in [6, 6.07) is 1.15. The number of halogens is 1. The first-order valence-corrected chi connectivity index (χ1v) is 7.79. The number of hydrogen-bond acceptors (Lipinski definition) is 2. The molecule has 0 amide bonds. The molecular formula is C11H28ClNO2Si. The van der Waals surface area contributed by atoms with E-state index in [0.717, 1.165) is 23.7 Å². The van der Waals surface area contributed by atoms with Crippen LogP contribution in [0.5, 0.6) is 0 Å². The Labute approximate surface area is 109 Å². The first kappa shape index (κ1) is 18.7. The van der Waals surface area contributed by atoms with E-state index in [1.807, 2.05) is 13.8 Å². The topological polar surface area (TPSA) is 18.5 Å². The lowest BCUT2D eigenvalue weighted by atomic mass is 10.3. The van der Waals surface area contributed by atoms with Crippen LogP contribution in [0.1, 0.15) is 26.7 Å².